The zero-order chi connectivity index (χ0) is 13.3. The monoisotopic (exact) mass is 250 g/mol. The Hall–Kier alpha value is -0.520. The van der Waals surface area contributed by atoms with E-state index in [0.29, 0.717) is 0 Å². The predicted octanol–water partition coefficient (Wildman–Crippen LogP) is 6.82. The minimum atomic E-state index is 1.22. The van der Waals surface area contributed by atoms with Crippen molar-refractivity contribution in [3.63, 3.8) is 0 Å². The third-order valence-corrected chi connectivity index (χ3v) is 3.28. The van der Waals surface area contributed by atoms with E-state index in [0.717, 1.165) is 0 Å². The van der Waals surface area contributed by atoms with Crippen molar-refractivity contribution in [2.45, 2.75) is 90.9 Å². The van der Waals surface area contributed by atoms with Gasteiger partial charge in [-0.15, -0.1) is 0 Å². The summed E-state index contributed by atoms with van der Waals surface area (Å²) in [5.74, 6) is 0. The Balaban J connectivity index is 3.12. The van der Waals surface area contributed by atoms with Crippen LogP contribution in [0.3, 0.4) is 0 Å². The fraction of sp³-hybridized carbons (Fsp3) is 0.778. The van der Waals surface area contributed by atoms with Crippen LogP contribution in [0.15, 0.2) is 24.3 Å². The summed E-state index contributed by atoms with van der Waals surface area (Å²) in [5, 5.41) is 0. The summed E-state index contributed by atoms with van der Waals surface area (Å²) < 4.78 is 0. The minimum Gasteiger partial charge on any atom is -0.0885 e. The highest BCUT2D eigenvalue weighted by Gasteiger charge is 1.86. The molecule has 0 aromatic heterocycles. The van der Waals surface area contributed by atoms with E-state index >= 15 is 0 Å². The van der Waals surface area contributed by atoms with Crippen LogP contribution in [0.4, 0.5) is 0 Å². The molecule has 0 bridgehead atoms. The van der Waals surface area contributed by atoms with Gasteiger partial charge in [-0.25, -0.2) is 0 Å². The van der Waals surface area contributed by atoms with Crippen molar-refractivity contribution in [1.29, 1.82) is 0 Å². The summed E-state index contributed by atoms with van der Waals surface area (Å²) in [6, 6.07) is 0. The van der Waals surface area contributed by atoms with E-state index in [1.165, 1.54) is 77.0 Å². The summed E-state index contributed by atoms with van der Waals surface area (Å²) in [6.45, 7) is 4.53. The molecular formula is C18H34. The Morgan fingerprint density at radius 2 is 0.833 bits per heavy atom. The summed E-state index contributed by atoms with van der Waals surface area (Å²) in [7, 11) is 0. The third-order valence-electron chi connectivity index (χ3n) is 3.28. The Morgan fingerprint density at radius 3 is 1.39 bits per heavy atom. The molecule has 0 heterocycles. The van der Waals surface area contributed by atoms with Gasteiger partial charge in [-0.2, -0.15) is 0 Å². The van der Waals surface area contributed by atoms with Gasteiger partial charge in [0.2, 0.25) is 0 Å². The SMILES string of the molecule is CCCCC/C=C/CC/C=C/CCCCCCC. The van der Waals surface area contributed by atoms with Gasteiger partial charge in [0.1, 0.15) is 0 Å². The fourth-order valence-electron chi connectivity index (χ4n) is 2.04. The molecule has 106 valence electrons. The second-order valence-corrected chi connectivity index (χ2v) is 5.22. The largest absolute Gasteiger partial charge is 0.0885 e. The van der Waals surface area contributed by atoms with Crippen LogP contribution in [0.1, 0.15) is 90.9 Å². The van der Waals surface area contributed by atoms with Crippen LogP contribution in [0.25, 0.3) is 0 Å². The predicted molar refractivity (Wildman–Crippen MR) is 85.0 cm³/mol. The maximum Gasteiger partial charge on any atom is -0.0316 e. The molecule has 0 radical (unpaired) electrons. The van der Waals surface area contributed by atoms with E-state index in [1.807, 2.05) is 0 Å². The second-order valence-electron chi connectivity index (χ2n) is 5.22. The van der Waals surface area contributed by atoms with Crippen LogP contribution in [-0.2, 0) is 0 Å². The first kappa shape index (κ1) is 17.5. The molecule has 0 aliphatic heterocycles. The smallest absolute Gasteiger partial charge is 0.0316 e. The molecule has 0 spiro atoms. The van der Waals surface area contributed by atoms with E-state index < -0.39 is 0 Å². The highest BCUT2D eigenvalue weighted by atomic mass is 13.9. The standard InChI is InChI=1S/C18H34/c1-3-5-7-9-11-13-15-17-18-16-14-12-10-8-6-4-2/h11,13,16,18H,3-10,12,14-15,17H2,1-2H3/b13-11+,18-16+. The number of allylic oxidation sites excluding steroid dienone is 4. The Bertz CT molecular complexity index is 188. The zero-order valence-corrected chi connectivity index (χ0v) is 12.8. The maximum absolute atomic E-state index is 2.37. The molecule has 0 unspecified atom stereocenters. The molecule has 0 N–H and O–H groups in total. The van der Waals surface area contributed by atoms with Gasteiger partial charge in [0.25, 0.3) is 0 Å². The highest BCUT2D eigenvalue weighted by molar-refractivity contribution is 4.88. The lowest BCUT2D eigenvalue weighted by Crippen LogP contribution is -1.76. The van der Waals surface area contributed by atoms with Crippen LogP contribution in [0.2, 0.25) is 0 Å². The van der Waals surface area contributed by atoms with Gasteiger partial charge in [-0.05, 0) is 38.5 Å². The van der Waals surface area contributed by atoms with Gasteiger partial charge in [0.05, 0.1) is 0 Å². The van der Waals surface area contributed by atoms with E-state index in [2.05, 4.69) is 38.2 Å². The first-order valence-corrected chi connectivity index (χ1v) is 8.21. The van der Waals surface area contributed by atoms with Crippen LogP contribution in [0.5, 0.6) is 0 Å². The number of unbranched alkanes of at least 4 members (excludes halogenated alkanes) is 9. The van der Waals surface area contributed by atoms with Crippen LogP contribution in [-0.4, -0.2) is 0 Å². The Morgan fingerprint density at radius 1 is 0.444 bits per heavy atom. The fourth-order valence-corrected chi connectivity index (χ4v) is 2.04. The molecule has 0 aromatic rings. The van der Waals surface area contributed by atoms with Gasteiger partial charge in [-0.3, -0.25) is 0 Å². The molecule has 0 heteroatoms. The molecule has 0 aromatic carbocycles. The topological polar surface area (TPSA) is 0 Å². The summed E-state index contributed by atoms with van der Waals surface area (Å²) >= 11 is 0. The molecule has 0 amide bonds. The van der Waals surface area contributed by atoms with Crippen molar-refractivity contribution in [2.24, 2.45) is 0 Å². The lowest BCUT2D eigenvalue weighted by molar-refractivity contribution is 0.637. The zero-order valence-electron chi connectivity index (χ0n) is 12.8. The van der Waals surface area contributed by atoms with Gasteiger partial charge in [0.15, 0.2) is 0 Å². The van der Waals surface area contributed by atoms with E-state index in [-0.39, 0.29) is 0 Å². The summed E-state index contributed by atoms with van der Waals surface area (Å²) in [4.78, 5) is 0. The van der Waals surface area contributed by atoms with Crippen molar-refractivity contribution in [2.75, 3.05) is 0 Å². The first-order valence-electron chi connectivity index (χ1n) is 8.21. The number of hydrogen-bond donors (Lipinski definition) is 0. The average molecular weight is 250 g/mol. The lowest BCUT2D eigenvalue weighted by atomic mass is 10.1. The summed E-state index contributed by atoms with van der Waals surface area (Å²) in [5.41, 5.74) is 0. The Kier molecular flexibility index (Phi) is 16.0. The molecule has 0 aliphatic carbocycles. The van der Waals surface area contributed by atoms with Crippen molar-refractivity contribution in [3.05, 3.63) is 24.3 Å². The first-order chi connectivity index (χ1) is 8.91. The molecule has 0 aliphatic rings. The normalized spacial score (nSPS) is 11.9. The van der Waals surface area contributed by atoms with Gasteiger partial charge >= 0.3 is 0 Å². The van der Waals surface area contributed by atoms with Crippen molar-refractivity contribution in [1.82, 2.24) is 0 Å². The van der Waals surface area contributed by atoms with Crippen LogP contribution in [0, 0.1) is 0 Å². The maximum atomic E-state index is 2.37. The summed E-state index contributed by atoms with van der Waals surface area (Å²) in [6.07, 6.45) is 25.5. The van der Waals surface area contributed by atoms with Crippen molar-refractivity contribution in [3.8, 4) is 0 Å². The third kappa shape index (κ3) is 15.5. The highest BCUT2D eigenvalue weighted by Crippen LogP contribution is 2.06. The molecule has 0 nitrogen and oxygen atoms in total. The molecule has 18 heavy (non-hydrogen) atoms. The van der Waals surface area contributed by atoms with E-state index in [9.17, 15) is 0 Å². The van der Waals surface area contributed by atoms with E-state index in [1.54, 1.807) is 0 Å². The van der Waals surface area contributed by atoms with Crippen LogP contribution >= 0.6 is 0 Å². The molecule has 0 fully saturated rings. The molecule has 0 saturated heterocycles. The molecule has 0 rings (SSSR count). The second kappa shape index (κ2) is 16.5. The van der Waals surface area contributed by atoms with Crippen LogP contribution < -0.4 is 0 Å². The number of rotatable bonds is 13. The average Bonchev–Trinajstić information content (AvgIpc) is 2.39. The minimum absolute atomic E-state index is 1.22. The lowest BCUT2D eigenvalue weighted by Gasteiger charge is -1.96. The molecule has 0 saturated carbocycles. The van der Waals surface area contributed by atoms with Gasteiger partial charge in [-0.1, -0.05) is 76.7 Å². The van der Waals surface area contributed by atoms with Gasteiger partial charge in [0, 0.05) is 0 Å². The van der Waals surface area contributed by atoms with Crippen molar-refractivity contribution < 1.29 is 0 Å². The van der Waals surface area contributed by atoms with Gasteiger partial charge < -0.3 is 0 Å². The number of hydrogen-bond acceptors (Lipinski definition) is 0. The van der Waals surface area contributed by atoms with E-state index in [4.69, 9.17) is 0 Å². The molecule has 0 atom stereocenters. The quantitative estimate of drug-likeness (QED) is 0.248. The molecular weight excluding hydrogens is 216 g/mol. The van der Waals surface area contributed by atoms with Crippen molar-refractivity contribution >= 4 is 0 Å². The Labute approximate surface area is 116 Å².